The van der Waals surface area contributed by atoms with Gasteiger partial charge in [0.05, 0.1) is 16.9 Å². The second-order valence-corrected chi connectivity index (χ2v) is 6.57. The summed E-state index contributed by atoms with van der Waals surface area (Å²) in [5.74, 6) is 0.446. The zero-order valence-corrected chi connectivity index (χ0v) is 15.7. The number of benzene rings is 2. The molecule has 134 valence electrons. The quantitative estimate of drug-likeness (QED) is 0.702. The van der Waals surface area contributed by atoms with Gasteiger partial charge in [0.15, 0.2) is 0 Å². The lowest BCUT2D eigenvalue weighted by molar-refractivity contribution is 0.0692. The molecule has 0 N–H and O–H groups in total. The molecule has 0 spiro atoms. The average molecular weight is 370 g/mol. The zero-order chi connectivity index (χ0) is 18.8. The zero-order valence-electron chi connectivity index (χ0n) is 14.9. The van der Waals surface area contributed by atoms with Crippen molar-refractivity contribution in [1.82, 2.24) is 14.5 Å². The lowest BCUT2D eigenvalue weighted by Gasteiger charge is -2.29. The monoisotopic (exact) mass is 369 g/mol. The molecule has 0 radical (unpaired) electrons. The SMILES string of the molecule is CCN(C(=O)c1ccccc1)C(C)c1nc2ccc(Cl)cc2c(=O)n1C. The number of hydrogen-bond donors (Lipinski definition) is 0. The number of amides is 1. The molecule has 0 aliphatic rings. The van der Waals surface area contributed by atoms with E-state index in [1.807, 2.05) is 32.0 Å². The van der Waals surface area contributed by atoms with Crippen molar-refractivity contribution in [2.24, 2.45) is 7.05 Å². The number of aromatic nitrogens is 2. The van der Waals surface area contributed by atoms with E-state index in [4.69, 9.17) is 11.6 Å². The van der Waals surface area contributed by atoms with Gasteiger partial charge in [0.25, 0.3) is 11.5 Å². The van der Waals surface area contributed by atoms with Gasteiger partial charge in [-0.25, -0.2) is 4.98 Å². The van der Waals surface area contributed by atoms with Crippen LogP contribution in [0.15, 0.2) is 53.3 Å². The van der Waals surface area contributed by atoms with Crippen LogP contribution in [-0.4, -0.2) is 26.9 Å². The highest BCUT2D eigenvalue weighted by Gasteiger charge is 2.25. The first kappa shape index (κ1) is 18.1. The predicted molar refractivity (Wildman–Crippen MR) is 104 cm³/mol. The van der Waals surface area contributed by atoms with Crippen LogP contribution in [0.2, 0.25) is 5.02 Å². The van der Waals surface area contributed by atoms with Gasteiger partial charge in [-0.15, -0.1) is 0 Å². The molecule has 1 atom stereocenters. The van der Waals surface area contributed by atoms with E-state index < -0.39 is 0 Å². The van der Waals surface area contributed by atoms with Crippen LogP contribution in [0.5, 0.6) is 0 Å². The number of fused-ring (bicyclic) bond motifs is 1. The van der Waals surface area contributed by atoms with Crippen molar-refractivity contribution in [3.63, 3.8) is 0 Å². The van der Waals surface area contributed by atoms with Gasteiger partial charge < -0.3 is 4.90 Å². The Kier molecular flexibility index (Phi) is 5.09. The van der Waals surface area contributed by atoms with Crippen molar-refractivity contribution >= 4 is 28.4 Å². The summed E-state index contributed by atoms with van der Waals surface area (Å²) in [5.41, 5.74) is 1.00. The van der Waals surface area contributed by atoms with Crippen LogP contribution in [0.4, 0.5) is 0 Å². The third kappa shape index (κ3) is 3.22. The fraction of sp³-hybridized carbons (Fsp3) is 0.250. The van der Waals surface area contributed by atoms with Crippen LogP contribution in [0.3, 0.4) is 0 Å². The number of carbonyl (C=O) groups is 1. The summed E-state index contributed by atoms with van der Waals surface area (Å²) < 4.78 is 1.49. The molecular weight excluding hydrogens is 350 g/mol. The molecule has 0 aliphatic heterocycles. The molecule has 0 aliphatic carbocycles. The minimum absolute atomic E-state index is 0.0916. The standard InChI is InChI=1S/C20H20ClN3O2/c1-4-24(19(25)14-8-6-5-7-9-14)13(2)18-22-17-11-10-15(21)12-16(17)20(26)23(18)3/h5-13H,4H2,1-3H3. The first-order valence-electron chi connectivity index (χ1n) is 8.46. The third-order valence-electron chi connectivity index (χ3n) is 4.54. The van der Waals surface area contributed by atoms with Crippen molar-refractivity contribution in [1.29, 1.82) is 0 Å². The van der Waals surface area contributed by atoms with Gasteiger partial charge >= 0.3 is 0 Å². The highest BCUT2D eigenvalue weighted by Crippen LogP contribution is 2.22. The summed E-state index contributed by atoms with van der Waals surface area (Å²) >= 11 is 6.00. The first-order chi connectivity index (χ1) is 12.4. The Morgan fingerprint density at radius 1 is 1.23 bits per heavy atom. The predicted octanol–water partition coefficient (Wildman–Crippen LogP) is 3.81. The molecule has 6 heteroatoms. The Hall–Kier alpha value is -2.66. The largest absolute Gasteiger partial charge is 0.329 e. The molecule has 0 fully saturated rings. The number of rotatable bonds is 4. The van der Waals surface area contributed by atoms with E-state index in [-0.39, 0.29) is 17.5 Å². The van der Waals surface area contributed by atoms with Gasteiger partial charge in [0.2, 0.25) is 0 Å². The average Bonchev–Trinajstić information content (AvgIpc) is 2.66. The first-order valence-corrected chi connectivity index (χ1v) is 8.84. The topological polar surface area (TPSA) is 55.2 Å². The number of halogens is 1. The van der Waals surface area contributed by atoms with Gasteiger partial charge in [-0.05, 0) is 44.2 Å². The van der Waals surface area contributed by atoms with Crippen molar-refractivity contribution < 1.29 is 4.79 Å². The molecule has 5 nitrogen and oxygen atoms in total. The fourth-order valence-electron chi connectivity index (χ4n) is 3.11. The molecule has 3 rings (SSSR count). The Bertz CT molecular complexity index is 1010. The summed E-state index contributed by atoms with van der Waals surface area (Å²) in [6, 6.07) is 13.8. The van der Waals surface area contributed by atoms with E-state index >= 15 is 0 Å². The Labute approximate surface area is 156 Å². The Morgan fingerprint density at radius 3 is 2.58 bits per heavy atom. The fourth-order valence-corrected chi connectivity index (χ4v) is 3.29. The Morgan fingerprint density at radius 2 is 1.92 bits per heavy atom. The third-order valence-corrected chi connectivity index (χ3v) is 4.77. The molecule has 3 aromatic rings. The van der Waals surface area contributed by atoms with Crippen LogP contribution in [0.25, 0.3) is 10.9 Å². The maximum absolute atomic E-state index is 12.9. The van der Waals surface area contributed by atoms with E-state index in [0.717, 1.165) is 0 Å². The van der Waals surface area contributed by atoms with Crippen molar-refractivity contribution in [2.75, 3.05) is 6.54 Å². The second-order valence-electron chi connectivity index (χ2n) is 6.13. The highest BCUT2D eigenvalue weighted by molar-refractivity contribution is 6.31. The molecule has 1 aromatic heterocycles. The maximum atomic E-state index is 12.9. The van der Waals surface area contributed by atoms with Crippen molar-refractivity contribution in [3.05, 3.63) is 75.3 Å². The van der Waals surface area contributed by atoms with Gasteiger partial charge in [-0.2, -0.15) is 0 Å². The van der Waals surface area contributed by atoms with E-state index in [1.165, 1.54) is 4.57 Å². The number of hydrogen-bond acceptors (Lipinski definition) is 3. The summed E-state index contributed by atoms with van der Waals surface area (Å²) in [4.78, 5) is 31.9. The second kappa shape index (κ2) is 7.30. The smallest absolute Gasteiger partial charge is 0.261 e. The summed E-state index contributed by atoms with van der Waals surface area (Å²) in [5, 5.41) is 0.958. The van der Waals surface area contributed by atoms with E-state index in [9.17, 15) is 9.59 Å². The number of nitrogens with zero attached hydrogens (tertiary/aromatic N) is 3. The molecule has 2 aromatic carbocycles. The molecule has 0 saturated heterocycles. The maximum Gasteiger partial charge on any atom is 0.261 e. The van der Waals surface area contributed by atoms with Crippen LogP contribution in [0, 0.1) is 0 Å². The summed E-state index contributed by atoms with van der Waals surface area (Å²) in [7, 11) is 1.67. The summed E-state index contributed by atoms with van der Waals surface area (Å²) in [6.07, 6.45) is 0. The van der Waals surface area contributed by atoms with Crippen LogP contribution < -0.4 is 5.56 Å². The molecule has 0 saturated carbocycles. The van der Waals surface area contributed by atoms with Crippen LogP contribution in [0.1, 0.15) is 36.1 Å². The van der Waals surface area contributed by atoms with Crippen molar-refractivity contribution in [2.45, 2.75) is 19.9 Å². The van der Waals surface area contributed by atoms with E-state index in [2.05, 4.69) is 4.98 Å². The Balaban J connectivity index is 2.07. The lowest BCUT2D eigenvalue weighted by Crippen LogP contribution is -2.37. The summed E-state index contributed by atoms with van der Waals surface area (Å²) in [6.45, 7) is 4.30. The van der Waals surface area contributed by atoms with Crippen molar-refractivity contribution in [3.8, 4) is 0 Å². The van der Waals surface area contributed by atoms with Gasteiger partial charge in [-0.1, -0.05) is 29.8 Å². The normalized spacial score (nSPS) is 12.2. The molecule has 1 heterocycles. The van der Waals surface area contributed by atoms with E-state index in [0.29, 0.717) is 33.9 Å². The minimum Gasteiger partial charge on any atom is -0.329 e. The highest BCUT2D eigenvalue weighted by atomic mass is 35.5. The molecule has 26 heavy (non-hydrogen) atoms. The minimum atomic E-state index is -0.356. The van der Waals surface area contributed by atoms with Crippen LogP contribution in [-0.2, 0) is 7.05 Å². The molecular formula is C20H20ClN3O2. The molecule has 0 bridgehead atoms. The van der Waals surface area contributed by atoms with Gasteiger partial charge in [0, 0.05) is 24.2 Å². The van der Waals surface area contributed by atoms with Gasteiger partial charge in [0.1, 0.15) is 5.82 Å². The van der Waals surface area contributed by atoms with Gasteiger partial charge in [-0.3, -0.25) is 14.2 Å². The molecule has 1 unspecified atom stereocenters. The lowest BCUT2D eigenvalue weighted by atomic mass is 10.1. The van der Waals surface area contributed by atoms with E-state index in [1.54, 1.807) is 42.3 Å². The molecule has 1 amide bonds. The number of carbonyl (C=O) groups excluding carboxylic acids is 1. The van der Waals surface area contributed by atoms with Crippen LogP contribution >= 0.6 is 11.6 Å².